The third-order valence-electron chi connectivity index (χ3n) is 3.84. The number of hydrogen-bond acceptors (Lipinski definition) is 3. The summed E-state index contributed by atoms with van der Waals surface area (Å²) in [7, 11) is 0. The smallest absolute Gasteiger partial charge is 0.169 e. The number of nitrogens with zero attached hydrogens (tertiary/aromatic N) is 1. The molecule has 0 amide bonds. The second-order valence-electron chi connectivity index (χ2n) is 5.04. The van der Waals surface area contributed by atoms with Gasteiger partial charge in [-0.05, 0) is 36.5 Å². The summed E-state index contributed by atoms with van der Waals surface area (Å²) in [5.41, 5.74) is 9.60. The zero-order valence-electron chi connectivity index (χ0n) is 10.7. The maximum atomic E-state index is 12.5. The number of carbonyl (C=O) groups excluding carboxylic acids is 1. The van der Waals surface area contributed by atoms with Crippen molar-refractivity contribution in [2.24, 2.45) is 5.92 Å². The van der Waals surface area contributed by atoms with Crippen molar-refractivity contribution in [2.45, 2.75) is 19.3 Å². The maximum Gasteiger partial charge on any atom is 0.169 e. The van der Waals surface area contributed by atoms with Crippen LogP contribution in [-0.2, 0) is 12.8 Å². The van der Waals surface area contributed by atoms with E-state index in [4.69, 9.17) is 5.73 Å². The van der Waals surface area contributed by atoms with E-state index < -0.39 is 0 Å². The normalized spacial score (nSPS) is 17.8. The standard InChI is InChI=1S/C16H16N2O/c17-15-7-8-18-10-14(15)16(19)13-6-5-11-3-1-2-4-12(11)9-13/h1-4,7-8,10,13H,5-6,9H2,(H2,17,18). The molecule has 3 rings (SSSR count). The van der Waals surface area contributed by atoms with E-state index in [2.05, 4.69) is 23.2 Å². The van der Waals surface area contributed by atoms with Gasteiger partial charge in [-0.1, -0.05) is 24.3 Å². The van der Waals surface area contributed by atoms with Crippen LogP contribution < -0.4 is 5.73 Å². The topological polar surface area (TPSA) is 56.0 Å². The fraction of sp³-hybridized carbons (Fsp3) is 0.250. The van der Waals surface area contributed by atoms with E-state index in [1.54, 1.807) is 18.5 Å². The van der Waals surface area contributed by atoms with Crippen molar-refractivity contribution in [3.05, 3.63) is 59.4 Å². The van der Waals surface area contributed by atoms with Gasteiger partial charge in [0.25, 0.3) is 0 Å². The van der Waals surface area contributed by atoms with Crippen molar-refractivity contribution in [3.8, 4) is 0 Å². The zero-order chi connectivity index (χ0) is 13.2. The molecule has 96 valence electrons. The van der Waals surface area contributed by atoms with Gasteiger partial charge < -0.3 is 5.73 Å². The van der Waals surface area contributed by atoms with Crippen molar-refractivity contribution in [1.82, 2.24) is 4.98 Å². The zero-order valence-corrected chi connectivity index (χ0v) is 10.7. The summed E-state index contributed by atoms with van der Waals surface area (Å²) in [6, 6.07) is 10.0. The molecular formula is C16H16N2O. The molecule has 0 radical (unpaired) electrons. The van der Waals surface area contributed by atoms with Crippen LogP contribution in [0.4, 0.5) is 5.69 Å². The highest BCUT2D eigenvalue weighted by atomic mass is 16.1. The Kier molecular flexibility index (Phi) is 3.03. The first-order valence-corrected chi connectivity index (χ1v) is 6.56. The molecule has 1 atom stereocenters. The number of hydrogen-bond donors (Lipinski definition) is 1. The van der Waals surface area contributed by atoms with E-state index >= 15 is 0 Å². The van der Waals surface area contributed by atoms with E-state index in [0.717, 1.165) is 19.3 Å². The maximum absolute atomic E-state index is 12.5. The Hall–Kier alpha value is -2.16. The number of aromatic nitrogens is 1. The van der Waals surface area contributed by atoms with Gasteiger partial charge in [-0.25, -0.2) is 0 Å². The van der Waals surface area contributed by atoms with Crippen LogP contribution in [-0.4, -0.2) is 10.8 Å². The molecule has 2 aromatic rings. The van der Waals surface area contributed by atoms with Crippen molar-refractivity contribution in [3.63, 3.8) is 0 Å². The largest absolute Gasteiger partial charge is 0.398 e. The van der Waals surface area contributed by atoms with Gasteiger partial charge in [0, 0.05) is 24.0 Å². The average molecular weight is 252 g/mol. The molecule has 1 heterocycles. The Balaban J connectivity index is 1.86. The highest BCUT2D eigenvalue weighted by molar-refractivity contribution is 6.02. The molecule has 3 nitrogen and oxygen atoms in total. The molecule has 1 aromatic heterocycles. The molecule has 0 spiro atoms. The van der Waals surface area contributed by atoms with E-state index in [-0.39, 0.29) is 11.7 Å². The van der Waals surface area contributed by atoms with Crippen LogP contribution >= 0.6 is 0 Å². The average Bonchev–Trinajstić information content (AvgIpc) is 2.46. The molecule has 0 fully saturated rings. The van der Waals surface area contributed by atoms with Crippen LogP contribution in [0.2, 0.25) is 0 Å². The number of Topliss-reactive ketones (excluding diaryl/α,β-unsaturated/α-hetero) is 1. The first-order valence-electron chi connectivity index (χ1n) is 6.56. The number of pyridine rings is 1. The third kappa shape index (κ3) is 2.24. The van der Waals surface area contributed by atoms with Gasteiger partial charge in [-0.2, -0.15) is 0 Å². The summed E-state index contributed by atoms with van der Waals surface area (Å²) < 4.78 is 0. The van der Waals surface area contributed by atoms with Crippen molar-refractivity contribution in [2.75, 3.05) is 5.73 Å². The molecule has 1 aliphatic rings. The van der Waals surface area contributed by atoms with Gasteiger partial charge in [0.15, 0.2) is 5.78 Å². The number of rotatable bonds is 2. The Morgan fingerprint density at radius 3 is 2.79 bits per heavy atom. The fourth-order valence-corrected chi connectivity index (χ4v) is 2.75. The Morgan fingerprint density at radius 2 is 2.00 bits per heavy atom. The van der Waals surface area contributed by atoms with Crippen LogP contribution in [0.15, 0.2) is 42.7 Å². The van der Waals surface area contributed by atoms with E-state index in [1.807, 2.05) is 6.07 Å². The van der Waals surface area contributed by atoms with Gasteiger partial charge in [0.05, 0.1) is 5.56 Å². The summed E-state index contributed by atoms with van der Waals surface area (Å²) in [4.78, 5) is 16.5. The fourth-order valence-electron chi connectivity index (χ4n) is 2.75. The van der Waals surface area contributed by atoms with Crippen LogP contribution in [0.5, 0.6) is 0 Å². The first-order chi connectivity index (χ1) is 9.25. The van der Waals surface area contributed by atoms with E-state index in [0.29, 0.717) is 11.3 Å². The molecule has 1 aliphatic carbocycles. The minimum absolute atomic E-state index is 0.0291. The van der Waals surface area contributed by atoms with Crippen molar-refractivity contribution >= 4 is 11.5 Å². The molecule has 1 unspecified atom stereocenters. The highest BCUT2D eigenvalue weighted by Crippen LogP contribution is 2.28. The second kappa shape index (κ2) is 4.84. The molecule has 0 aliphatic heterocycles. The van der Waals surface area contributed by atoms with Crippen LogP contribution in [0.25, 0.3) is 0 Å². The number of fused-ring (bicyclic) bond motifs is 1. The molecular weight excluding hydrogens is 236 g/mol. The Labute approximate surface area is 112 Å². The summed E-state index contributed by atoms with van der Waals surface area (Å²) in [5, 5.41) is 0. The van der Waals surface area contributed by atoms with E-state index in [1.165, 1.54) is 11.1 Å². The van der Waals surface area contributed by atoms with Crippen LogP contribution in [0.3, 0.4) is 0 Å². The Bertz CT molecular complexity index is 622. The van der Waals surface area contributed by atoms with E-state index in [9.17, 15) is 4.79 Å². The monoisotopic (exact) mass is 252 g/mol. The lowest BCUT2D eigenvalue weighted by atomic mass is 9.80. The highest BCUT2D eigenvalue weighted by Gasteiger charge is 2.26. The lowest BCUT2D eigenvalue weighted by molar-refractivity contribution is 0.0909. The van der Waals surface area contributed by atoms with Gasteiger partial charge in [0.2, 0.25) is 0 Å². The molecule has 0 saturated carbocycles. The molecule has 2 N–H and O–H groups in total. The molecule has 1 aromatic carbocycles. The number of ketones is 1. The summed E-state index contributed by atoms with van der Waals surface area (Å²) in [6.45, 7) is 0. The van der Waals surface area contributed by atoms with Gasteiger partial charge in [-0.3, -0.25) is 9.78 Å². The van der Waals surface area contributed by atoms with Crippen molar-refractivity contribution in [1.29, 1.82) is 0 Å². The number of nitrogen functional groups attached to an aromatic ring is 1. The van der Waals surface area contributed by atoms with Gasteiger partial charge in [0.1, 0.15) is 0 Å². The van der Waals surface area contributed by atoms with Crippen LogP contribution in [0, 0.1) is 5.92 Å². The number of anilines is 1. The molecule has 19 heavy (non-hydrogen) atoms. The number of benzene rings is 1. The lowest BCUT2D eigenvalue weighted by Crippen LogP contribution is -2.23. The molecule has 0 bridgehead atoms. The molecule has 0 saturated heterocycles. The SMILES string of the molecule is Nc1ccncc1C(=O)C1CCc2ccccc2C1. The van der Waals surface area contributed by atoms with Gasteiger partial charge in [-0.15, -0.1) is 0 Å². The quantitative estimate of drug-likeness (QED) is 0.836. The third-order valence-corrected chi connectivity index (χ3v) is 3.84. The minimum Gasteiger partial charge on any atom is -0.398 e. The second-order valence-corrected chi connectivity index (χ2v) is 5.04. The summed E-state index contributed by atoms with van der Waals surface area (Å²) in [5.74, 6) is 0.154. The Morgan fingerprint density at radius 1 is 1.21 bits per heavy atom. The lowest BCUT2D eigenvalue weighted by Gasteiger charge is -2.23. The van der Waals surface area contributed by atoms with Crippen LogP contribution in [0.1, 0.15) is 27.9 Å². The number of carbonyl (C=O) groups is 1. The number of nitrogens with two attached hydrogens (primary N) is 1. The van der Waals surface area contributed by atoms with Gasteiger partial charge >= 0.3 is 0 Å². The molecule has 3 heteroatoms. The summed E-state index contributed by atoms with van der Waals surface area (Å²) >= 11 is 0. The minimum atomic E-state index is 0.0291. The number of aryl methyl sites for hydroxylation is 1. The first kappa shape index (κ1) is 11.9. The van der Waals surface area contributed by atoms with Crippen molar-refractivity contribution < 1.29 is 4.79 Å². The summed E-state index contributed by atoms with van der Waals surface area (Å²) in [6.07, 6.45) is 5.86. The predicted molar refractivity (Wildman–Crippen MR) is 74.9 cm³/mol. The predicted octanol–water partition coefficient (Wildman–Crippen LogP) is 2.65.